The van der Waals surface area contributed by atoms with E-state index >= 15 is 0 Å². The Morgan fingerprint density at radius 3 is 2.48 bits per heavy atom. The lowest BCUT2D eigenvalue weighted by molar-refractivity contribution is -0.153. The Morgan fingerprint density at radius 1 is 1.21 bits per heavy atom. The highest BCUT2D eigenvalue weighted by Crippen LogP contribution is 2.48. The van der Waals surface area contributed by atoms with Gasteiger partial charge in [0.1, 0.15) is 23.1 Å². The molecule has 0 aliphatic heterocycles. The fourth-order valence-corrected chi connectivity index (χ4v) is 3.63. The molecule has 1 aromatic carbocycles. The van der Waals surface area contributed by atoms with Crippen LogP contribution in [0.25, 0.3) is 0 Å². The zero-order valence-electron chi connectivity index (χ0n) is 17.1. The van der Waals surface area contributed by atoms with E-state index in [9.17, 15) is 14.4 Å². The van der Waals surface area contributed by atoms with Crippen LogP contribution >= 0.6 is 0 Å². The minimum absolute atomic E-state index is 0.0645. The Labute approximate surface area is 170 Å². The summed E-state index contributed by atoms with van der Waals surface area (Å²) >= 11 is 0. The van der Waals surface area contributed by atoms with E-state index in [1.54, 1.807) is 38.3 Å². The van der Waals surface area contributed by atoms with E-state index in [1.165, 1.54) is 0 Å². The summed E-state index contributed by atoms with van der Waals surface area (Å²) in [5.74, 6) is 3.77. The Kier molecular flexibility index (Phi) is 8.08. The van der Waals surface area contributed by atoms with Crippen LogP contribution in [0.15, 0.2) is 35.6 Å². The molecule has 29 heavy (non-hydrogen) atoms. The third-order valence-corrected chi connectivity index (χ3v) is 5.02. The lowest BCUT2D eigenvalue weighted by Crippen LogP contribution is -2.49. The predicted octanol–water partition coefficient (Wildman–Crippen LogP) is 3.11. The van der Waals surface area contributed by atoms with Gasteiger partial charge in [0.05, 0.1) is 20.3 Å². The van der Waals surface area contributed by atoms with E-state index in [4.69, 9.17) is 14.2 Å². The molecule has 0 heterocycles. The van der Waals surface area contributed by atoms with Gasteiger partial charge in [-0.2, -0.15) is 0 Å². The molecule has 0 bridgehead atoms. The standard InChI is InChI=1S/C22H27NO6/c1-4-13-29-19(15-25)20(23-17-8-10-18(27-3)11-9-17)22(21(26)28-5-2)12-6-7-16(22)14-24/h8-11,20,23H,4-7,12-13H2,1-3H3. The smallest absolute Gasteiger partial charge is 0.319 e. The van der Waals surface area contributed by atoms with Crippen LogP contribution < -0.4 is 10.1 Å². The summed E-state index contributed by atoms with van der Waals surface area (Å²) in [5.41, 5.74) is -0.475. The molecule has 0 amide bonds. The van der Waals surface area contributed by atoms with Crippen LogP contribution in [0, 0.1) is 5.41 Å². The van der Waals surface area contributed by atoms with Crippen molar-refractivity contribution in [3.8, 4) is 5.75 Å². The lowest BCUT2D eigenvalue weighted by atomic mass is 9.74. The maximum Gasteiger partial charge on any atom is 0.319 e. The first-order chi connectivity index (χ1) is 14.1. The summed E-state index contributed by atoms with van der Waals surface area (Å²) < 4.78 is 16.1. The number of benzene rings is 1. The van der Waals surface area contributed by atoms with Crippen molar-refractivity contribution in [3.63, 3.8) is 0 Å². The Bertz CT molecular complexity index is 805. The molecule has 7 nitrogen and oxygen atoms in total. The molecule has 2 atom stereocenters. The largest absolute Gasteiger partial charge is 0.497 e. The summed E-state index contributed by atoms with van der Waals surface area (Å²) in [7, 11) is 1.56. The number of rotatable bonds is 10. The fourth-order valence-electron chi connectivity index (χ4n) is 3.63. The monoisotopic (exact) mass is 401 g/mol. The summed E-state index contributed by atoms with van der Waals surface area (Å²) in [4.78, 5) is 36.6. The normalized spacial score (nSPS) is 18.9. The summed E-state index contributed by atoms with van der Waals surface area (Å²) in [6.07, 6.45) is 2.02. The second-order valence-electron chi connectivity index (χ2n) is 6.75. The molecule has 1 aliphatic rings. The highest BCUT2D eigenvalue weighted by Gasteiger charge is 2.56. The van der Waals surface area contributed by atoms with E-state index in [1.807, 2.05) is 18.8 Å². The molecule has 0 spiro atoms. The maximum atomic E-state index is 13.1. The van der Waals surface area contributed by atoms with Gasteiger partial charge in [0, 0.05) is 11.3 Å². The number of carbonyl (C=O) groups is 1. The zero-order chi connectivity index (χ0) is 21.3. The molecular weight excluding hydrogens is 374 g/mol. The van der Waals surface area contributed by atoms with Crippen molar-refractivity contribution in [3.05, 3.63) is 35.6 Å². The van der Waals surface area contributed by atoms with Gasteiger partial charge < -0.3 is 19.5 Å². The second kappa shape index (κ2) is 10.5. The Morgan fingerprint density at radius 2 is 1.93 bits per heavy atom. The first-order valence-corrected chi connectivity index (χ1v) is 9.77. The number of hydrogen-bond acceptors (Lipinski definition) is 7. The molecule has 1 N–H and O–H groups in total. The van der Waals surface area contributed by atoms with Gasteiger partial charge in [-0.3, -0.25) is 4.79 Å². The first kappa shape index (κ1) is 22.3. The van der Waals surface area contributed by atoms with Gasteiger partial charge in [0.25, 0.3) is 0 Å². The van der Waals surface area contributed by atoms with Crippen LogP contribution in [0.4, 0.5) is 5.69 Å². The Balaban J connectivity index is 2.56. The molecule has 2 rings (SSSR count). The van der Waals surface area contributed by atoms with Gasteiger partial charge in [-0.1, -0.05) is 6.92 Å². The van der Waals surface area contributed by atoms with Crippen molar-refractivity contribution in [1.29, 1.82) is 0 Å². The average molecular weight is 401 g/mol. The van der Waals surface area contributed by atoms with Gasteiger partial charge in [0.15, 0.2) is 5.94 Å². The number of nitrogens with one attached hydrogen (secondary N) is 1. The van der Waals surface area contributed by atoms with Crippen molar-refractivity contribution >= 4 is 23.5 Å². The van der Waals surface area contributed by atoms with Gasteiger partial charge >= 0.3 is 5.97 Å². The molecule has 7 heteroatoms. The topological polar surface area (TPSA) is 90.9 Å². The lowest BCUT2D eigenvalue weighted by Gasteiger charge is -2.36. The number of esters is 1. The highest BCUT2D eigenvalue weighted by molar-refractivity contribution is 5.88. The molecule has 1 fully saturated rings. The van der Waals surface area contributed by atoms with E-state index in [-0.39, 0.29) is 24.5 Å². The van der Waals surface area contributed by atoms with E-state index in [2.05, 4.69) is 5.32 Å². The summed E-state index contributed by atoms with van der Waals surface area (Å²) in [6.45, 7) is 4.03. The average Bonchev–Trinajstić information content (AvgIpc) is 3.19. The Hall–Kier alpha value is -3.01. The van der Waals surface area contributed by atoms with Crippen molar-refractivity contribution in [2.24, 2.45) is 5.41 Å². The van der Waals surface area contributed by atoms with E-state index < -0.39 is 17.4 Å². The molecule has 1 aromatic rings. The minimum atomic E-state index is -1.38. The second-order valence-corrected chi connectivity index (χ2v) is 6.75. The van der Waals surface area contributed by atoms with Crippen molar-refractivity contribution < 1.29 is 28.6 Å². The van der Waals surface area contributed by atoms with Crippen molar-refractivity contribution in [2.75, 3.05) is 25.6 Å². The number of anilines is 1. The molecule has 0 radical (unpaired) electrons. The number of carbonyl (C=O) groups excluding carboxylic acids is 3. The molecular formula is C22H27NO6. The SMILES string of the molecule is CCCOC(=C=O)C(Nc1ccc(OC)cc1)C1(C(=O)OCC)CCCC1=C=O. The molecule has 0 aromatic heterocycles. The number of hydrogen-bond donors (Lipinski definition) is 1. The maximum absolute atomic E-state index is 13.1. The molecule has 1 saturated carbocycles. The molecule has 156 valence electrons. The summed E-state index contributed by atoms with van der Waals surface area (Å²) in [5, 5.41) is 3.20. The van der Waals surface area contributed by atoms with Crippen LogP contribution in [0.5, 0.6) is 5.75 Å². The first-order valence-electron chi connectivity index (χ1n) is 9.77. The van der Waals surface area contributed by atoms with Gasteiger partial charge in [0.2, 0.25) is 5.76 Å². The van der Waals surface area contributed by atoms with Crippen LogP contribution in [0.1, 0.15) is 39.5 Å². The van der Waals surface area contributed by atoms with E-state index in [0.29, 0.717) is 37.1 Å². The quantitative estimate of drug-likeness (QED) is 0.366. The van der Waals surface area contributed by atoms with Crippen LogP contribution in [0.3, 0.4) is 0 Å². The third-order valence-electron chi connectivity index (χ3n) is 5.02. The van der Waals surface area contributed by atoms with Crippen molar-refractivity contribution in [1.82, 2.24) is 0 Å². The van der Waals surface area contributed by atoms with Gasteiger partial charge in [-0.05, 0) is 56.9 Å². The number of ether oxygens (including phenoxy) is 3. The van der Waals surface area contributed by atoms with Crippen LogP contribution in [-0.2, 0) is 23.9 Å². The zero-order valence-corrected chi connectivity index (χ0v) is 17.1. The third kappa shape index (κ3) is 4.70. The highest BCUT2D eigenvalue weighted by atomic mass is 16.5. The molecule has 1 aliphatic carbocycles. The fraction of sp³-hybridized carbons (Fsp3) is 0.500. The van der Waals surface area contributed by atoms with Gasteiger partial charge in [-0.25, -0.2) is 9.59 Å². The molecule has 0 saturated heterocycles. The molecule has 2 unspecified atom stereocenters. The summed E-state index contributed by atoms with van der Waals surface area (Å²) in [6, 6.07) is 6.06. The van der Waals surface area contributed by atoms with Gasteiger partial charge in [-0.15, -0.1) is 0 Å². The van der Waals surface area contributed by atoms with Crippen molar-refractivity contribution in [2.45, 2.75) is 45.6 Å². The minimum Gasteiger partial charge on any atom is -0.497 e. The van der Waals surface area contributed by atoms with Crippen LogP contribution in [-0.4, -0.2) is 44.2 Å². The van der Waals surface area contributed by atoms with Crippen LogP contribution in [0.2, 0.25) is 0 Å². The predicted molar refractivity (Wildman–Crippen MR) is 108 cm³/mol. The van der Waals surface area contributed by atoms with E-state index in [0.717, 1.165) is 0 Å². The number of methoxy groups -OCH3 is 1.